The summed E-state index contributed by atoms with van der Waals surface area (Å²) in [7, 11) is 0. The van der Waals surface area contributed by atoms with E-state index >= 15 is 0 Å². The molecular weight excluding hydrogens is 500 g/mol. The van der Waals surface area contributed by atoms with Crippen molar-refractivity contribution in [1.29, 1.82) is 0 Å². The molecule has 0 aromatic heterocycles. The summed E-state index contributed by atoms with van der Waals surface area (Å²) in [6, 6.07) is 0. The van der Waals surface area contributed by atoms with Gasteiger partial charge in [0.15, 0.2) is 5.78 Å². The third-order valence-corrected chi connectivity index (χ3v) is 11.8. The highest BCUT2D eigenvalue weighted by atomic mass is 16.6. The number of Topliss-reactive ketones (excluding diaryl/α,β-unsaturated/α-hetero) is 1. The van der Waals surface area contributed by atoms with Gasteiger partial charge < -0.3 is 25.2 Å². The first-order chi connectivity index (χ1) is 17.9. The summed E-state index contributed by atoms with van der Waals surface area (Å²) in [5.41, 5.74) is -4.69. The van der Waals surface area contributed by atoms with Gasteiger partial charge in [0.25, 0.3) is 0 Å². The number of hydrogen-bond donors (Lipinski definition) is 4. The predicted octanol–water partition coefficient (Wildman–Crippen LogP) is 2.66. The number of ketones is 2. The maximum Gasteiger partial charge on any atom is 0.303 e. The van der Waals surface area contributed by atoms with Gasteiger partial charge in [0.1, 0.15) is 17.0 Å². The van der Waals surface area contributed by atoms with Crippen LogP contribution in [0.1, 0.15) is 80.1 Å². The molecule has 0 aromatic rings. The third-order valence-electron chi connectivity index (χ3n) is 11.8. The van der Waals surface area contributed by atoms with Gasteiger partial charge in [-0.1, -0.05) is 32.4 Å². The molecule has 0 bridgehead atoms. The fraction of sp³-hybridized carbons (Fsp3) is 0.774. The maximum absolute atomic E-state index is 14.3. The number of allylic oxidation sites excluding steroid dienone is 1. The van der Waals surface area contributed by atoms with E-state index in [1.165, 1.54) is 19.1 Å². The largest absolute Gasteiger partial charge is 0.456 e. The highest BCUT2D eigenvalue weighted by Gasteiger charge is 2.83. The van der Waals surface area contributed by atoms with Gasteiger partial charge in [-0.2, -0.15) is 0 Å². The molecule has 0 heterocycles. The van der Waals surface area contributed by atoms with E-state index in [4.69, 9.17) is 4.74 Å². The third kappa shape index (κ3) is 3.53. The lowest BCUT2D eigenvalue weighted by molar-refractivity contribution is -0.253. The van der Waals surface area contributed by atoms with Crippen LogP contribution in [0.15, 0.2) is 23.8 Å². The number of carbonyl (C=O) groups is 3. The van der Waals surface area contributed by atoms with Crippen LogP contribution in [0, 0.1) is 39.4 Å². The van der Waals surface area contributed by atoms with Crippen molar-refractivity contribution in [2.45, 2.75) is 103 Å². The van der Waals surface area contributed by atoms with Crippen molar-refractivity contribution >= 4 is 17.5 Å². The molecule has 0 aromatic carbocycles. The summed E-state index contributed by atoms with van der Waals surface area (Å²) in [5, 5.41) is 44.8. The lowest BCUT2D eigenvalue weighted by atomic mass is 9.33. The molecule has 8 heteroatoms. The summed E-state index contributed by atoms with van der Waals surface area (Å²) in [6.07, 6.45) is 5.50. The van der Waals surface area contributed by atoms with Crippen LogP contribution in [-0.4, -0.2) is 68.0 Å². The Kier molecular flexibility index (Phi) is 6.30. The van der Waals surface area contributed by atoms with Crippen LogP contribution < -0.4 is 0 Å². The number of aliphatic hydroxyl groups excluding tert-OH is 3. The lowest BCUT2D eigenvalue weighted by Gasteiger charge is -2.70. The number of fused-ring (bicyclic) bond motifs is 4. The number of hydrogen-bond acceptors (Lipinski definition) is 8. The van der Waals surface area contributed by atoms with Crippen LogP contribution >= 0.6 is 0 Å². The van der Waals surface area contributed by atoms with Crippen molar-refractivity contribution in [2.24, 2.45) is 39.4 Å². The Morgan fingerprint density at radius 3 is 2.46 bits per heavy atom. The summed E-state index contributed by atoms with van der Waals surface area (Å²) in [5.74, 6) is -2.37. The number of carbonyl (C=O) groups excluding carboxylic acids is 3. The second kappa shape index (κ2) is 8.57. The molecule has 0 amide bonds. The highest BCUT2D eigenvalue weighted by molar-refractivity contribution is 5.99. The SMILES string of the molecule is CC(=O)OC(C)(C)/C=C/C(=O)[C@@]1(O)C[C@]23CC(=O)[C@@]4(CO)[C@@H]5CC[C@H](O)C(C)(C)C5=CC[C@H]4[C@]2(C)C[C@@H](O)[C@@H]31. The number of aliphatic hydroxyl groups is 4. The second-order valence-electron chi connectivity index (χ2n) is 14.4. The molecular formula is C31H44O8. The van der Waals surface area contributed by atoms with E-state index in [2.05, 4.69) is 13.0 Å². The Morgan fingerprint density at radius 2 is 1.85 bits per heavy atom. The van der Waals surface area contributed by atoms with E-state index in [9.17, 15) is 34.8 Å². The molecule has 0 unspecified atom stereocenters. The van der Waals surface area contributed by atoms with Gasteiger partial charge in [0.2, 0.25) is 0 Å². The van der Waals surface area contributed by atoms with Crippen molar-refractivity contribution in [3.63, 3.8) is 0 Å². The van der Waals surface area contributed by atoms with E-state index < -0.39 is 62.7 Å². The first-order valence-corrected chi connectivity index (χ1v) is 14.3. The molecule has 216 valence electrons. The Labute approximate surface area is 230 Å². The summed E-state index contributed by atoms with van der Waals surface area (Å²) >= 11 is 0. The van der Waals surface area contributed by atoms with Crippen molar-refractivity contribution in [3.05, 3.63) is 23.8 Å². The van der Waals surface area contributed by atoms with Crippen LogP contribution in [-0.2, 0) is 19.1 Å². The zero-order chi connectivity index (χ0) is 29.0. The Hall–Kier alpha value is -1.87. The van der Waals surface area contributed by atoms with Gasteiger partial charge in [-0.05, 0) is 80.8 Å². The van der Waals surface area contributed by atoms with Gasteiger partial charge in [-0.3, -0.25) is 14.4 Å². The molecule has 0 radical (unpaired) electrons. The van der Waals surface area contributed by atoms with Gasteiger partial charge >= 0.3 is 5.97 Å². The van der Waals surface area contributed by atoms with Gasteiger partial charge in [-0.25, -0.2) is 0 Å². The zero-order valence-electron chi connectivity index (χ0n) is 24.0. The molecule has 0 aliphatic heterocycles. The number of rotatable bonds is 5. The molecule has 9 atom stereocenters. The fourth-order valence-corrected chi connectivity index (χ4v) is 10.1. The van der Waals surface area contributed by atoms with Crippen molar-refractivity contribution in [2.75, 3.05) is 6.61 Å². The Morgan fingerprint density at radius 1 is 1.18 bits per heavy atom. The maximum atomic E-state index is 14.3. The minimum atomic E-state index is -1.83. The van der Waals surface area contributed by atoms with Gasteiger partial charge in [-0.15, -0.1) is 0 Å². The molecule has 5 aliphatic rings. The number of ether oxygens (including phenoxy) is 1. The minimum Gasteiger partial charge on any atom is -0.456 e. The molecule has 0 saturated heterocycles. The molecule has 4 saturated carbocycles. The molecule has 5 aliphatic carbocycles. The van der Waals surface area contributed by atoms with E-state index in [0.29, 0.717) is 25.7 Å². The predicted molar refractivity (Wildman–Crippen MR) is 142 cm³/mol. The lowest BCUT2D eigenvalue weighted by Crippen LogP contribution is -2.74. The van der Waals surface area contributed by atoms with Crippen LogP contribution in [0.5, 0.6) is 0 Å². The van der Waals surface area contributed by atoms with Crippen LogP contribution in [0.3, 0.4) is 0 Å². The number of esters is 1. The smallest absolute Gasteiger partial charge is 0.303 e. The monoisotopic (exact) mass is 544 g/mol. The van der Waals surface area contributed by atoms with Crippen molar-refractivity contribution in [3.8, 4) is 0 Å². The Bertz CT molecular complexity index is 1170. The molecule has 1 spiro atoms. The average Bonchev–Trinajstić information content (AvgIpc) is 3.00. The van der Waals surface area contributed by atoms with Crippen LogP contribution in [0.2, 0.25) is 0 Å². The van der Waals surface area contributed by atoms with E-state index in [1.807, 2.05) is 13.8 Å². The normalized spacial score (nSPS) is 46.4. The average molecular weight is 545 g/mol. The molecule has 5 rings (SSSR count). The molecule has 39 heavy (non-hydrogen) atoms. The first-order valence-electron chi connectivity index (χ1n) is 14.3. The summed E-state index contributed by atoms with van der Waals surface area (Å²) < 4.78 is 5.22. The van der Waals surface area contributed by atoms with Crippen molar-refractivity contribution < 1.29 is 39.5 Å². The fourth-order valence-electron chi connectivity index (χ4n) is 10.1. The molecule has 4 N–H and O–H groups in total. The Balaban J connectivity index is 1.51. The van der Waals surface area contributed by atoms with Gasteiger partial charge in [0.05, 0.1) is 24.2 Å². The zero-order valence-corrected chi connectivity index (χ0v) is 24.0. The first kappa shape index (κ1) is 28.7. The second-order valence-corrected chi connectivity index (χ2v) is 14.4. The minimum absolute atomic E-state index is 0.0598. The van der Waals surface area contributed by atoms with Crippen molar-refractivity contribution in [1.82, 2.24) is 0 Å². The summed E-state index contributed by atoms with van der Waals surface area (Å²) in [4.78, 5) is 39.1. The van der Waals surface area contributed by atoms with E-state index in [0.717, 1.165) is 5.57 Å². The van der Waals surface area contributed by atoms with Gasteiger partial charge in [0, 0.05) is 24.7 Å². The van der Waals surface area contributed by atoms with Crippen LogP contribution in [0.4, 0.5) is 0 Å². The topological polar surface area (TPSA) is 141 Å². The van der Waals surface area contributed by atoms with E-state index in [-0.39, 0.29) is 37.1 Å². The standard InChI is InChI=1S/C31H44O8/c1-17(33)39-26(2,3)12-11-23(36)31(38)15-29-14-24(37)30(16-32)19-8-10-22(35)27(4,5)18(19)7-9-21(30)28(29,6)13-20(34)25(29)31/h7,11-12,19-22,25,32,34-35,38H,8-10,13-16H2,1-6H3/b12-11+/t19-,20-,21+,22+,25+,28+,29+,30+,31+/m1/s1. The summed E-state index contributed by atoms with van der Waals surface area (Å²) in [6.45, 7) is 10.3. The molecule has 4 fully saturated rings. The quantitative estimate of drug-likeness (QED) is 0.235. The van der Waals surface area contributed by atoms with E-state index in [1.54, 1.807) is 13.8 Å². The van der Waals surface area contributed by atoms with Crippen LogP contribution in [0.25, 0.3) is 0 Å². The molecule has 8 nitrogen and oxygen atoms in total. The highest BCUT2D eigenvalue weighted by Crippen LogP contribution is 2.80.